The number of aryl methyl sites for hydroxylation is 1. The number of benzene rings is 1. The first-order valence-electron chi connectivity index (χ1n) is 10.4. The Bertz CT molecular complexity index is 954. The molecule has 0 spiro atoms. The Kier molecular flexibility index (Phi) is 6.27. The third-order valence-electron chi connectivity index (χ3n) is 5.42. The summed E-state index contributed by atoms with van der Waals surface area (Å²) in [7, 11) is 1.72. The highest BCUT2D eigenvalue weighted by atomic mass is 16.5. The van der Waals surface area contributed by atoms with Crippen LogP contribution in [0.15, 0.2) is 55.0 Å². The van der Waals surface area contributed by atoms with Crippen LogP contribution in [0.25, 0.3) is 0 Å². The molecule has 0 radical (unpaired) electrons. The molecule has 0 amide bonds. The average molecular weight is 405 g/mol. The fraction of sp³-hybridized carbons (Fsp3) is 0.348. The van der Waals surface area contributed by atoms with E-state index in [-0.39, 0.29) is 0 Å². The molecule has 1 fully saturated rings. The number of methoxy groups -OCH3 is 1. The van der Waals surface area contributed by atoms with Crippen LogP contribution < -0.4 is 19.9 Å². The minimum atomic E-state index is 0.640. The molecule has 0 saturated carbocycles. The molecular formula is C23H28N6O. The molecule has 0 aliphatic carbocycles. The standard InChI is InChI=1S/C23H28N6O/c1-3-18-15-25-23(26-16-18)27-17-19-7-6-10-24-22(19)29-13-11-28(12-14-29)20-8-4-5-9-21(20)30-2/h4-10,15-16H,3,11-14,17H2,1-2H3,(H,25,26,27). The van der Waals surface area contributed by atoms with Crippen LogP contribution in [0.1, 0.15) is 18.1 Å². The van der Waals surface area contributed by atoms with Crippen molar-refractivity contribution < 1.29 is 4.74 Å². The van der Waals surface area contributed by atoms with Crippen molar-refractivity contribution in [3.8, 4) is 5.75 Å². The Morgan fingerprint density at radius 3 is 2.40 bits per heavy atom. The van der Waals surface area contributed by atoms with Crippen molar-refractivity contribution in [2.75, 3.05) is 48.4 Å². The van der Waals surface area contributed by atoms with E-state index in [1.807, 2.05) is 36.8 Å². The van der Waals surface area contributed by atoms with Gasteiger partial charge in [0.15, 0.2) is 0 Å². The predicted molar refractivity (Wildman–Crippen MR) is 120 cm³/mol. The van der Waals surface area contributed by atoms with E-state index < -0.39 is 0 Å². The lowest BCUT2D eigenvalue weighted by Crippen LogP contribution is -2.47. The maximum atomic E-state index is 5.53. The molecule has 1 N–H and O–H groups in total. The zero-order chi connectivity index (χ0) is 20.8. The monoisotopic (exact) mass is 404 g/mol. The van der Waals surface area contributed by atoms with Gasteiger partial charge in [0.25, 0.3) is 0 Å². The van der Waals surface area contributed by atoms with Gasteiger partial charge in [-0.15, -0.1) is 0 Å². The number of nitrogens with one attached hydrogen (secondary N) is 1. The molecule has 1 aliphatic heterocycles. The number of piperazine rings is 1. The number of para-hydroxylation sites is 2. The van der Waals surface area contributed by atoms with Gasteiger partial charge in [0.2, 0.25) is 5.95 Å². The Morgan fingerprint density at radius 1 is 0.933 bits per heavy atom. The molecule has 0 bridgehead atoms. The van der Waals surface area contributed by atoms with Crippen LogP contribution in [0.3, 0.4) is 0 Å². The smallest absolute Gasteiger partial charge is 0.222 e. The molecule has 2 aromatic heterocycles. The number of anilines is 3. The molecule has 0 atom stereocenters. The van der Waals surface area contributed by atoms with Gasteiger partial charge in [0.1, 0.15) is 11.6 Å². The number of rotatable bonds is 7. The van der Waals surface area contributed by atoms with Gasteiger partial charge in [-0.3, -0.25) is 0 Å². The van der Waals surface area contributed by atoms with E-state index >= 15 is 0 Å². The normalized spacial score (nSPS) is 13.9. The molecule has 30 heavy (non-hydrogen) atoms. The van der Waals surface area contributed by atoms with Gasteiger partial charge in [-0.1, -0.05) is 25.1 Å². The maximum Gasteiger partial charge on any atom is 0.222 e. The number of hydrogen-bond acceptors (Lipinski definition) is 7. The summed E-state index contributed by atoms with van der Waals surface area (Å²) in [5, 5.41) is 3.33. The highest BCUT2D eigenvalue weighted by Crippen LogP contribution is 2.29. The molecule has 7 heteroatoms. The first-order chi connectivity index (χ1) is 14.8. The largest absolute Gasteiger partial charge is 0.495 e. The van der Waals surface area contributed by atoms with Crippen molar-refractivity contribution in [1.29, 1.82) is 0 Å². The summed E-state index contributed by atoms with van der Waals surface area (Å²) in [6, 6.07) is 12.3. The van der Waals surface area contributed by atoms with Crippen molar-refractivity contribution in [2.24, 2.45) is 0 Å². The SMILES string of the molecule is CCc1cnc(NCc2cccnc2N2CCN(c3ccccc3OC)CC2)nc1. The fourth-order valence-electron chi connectivity index (χ4n) is 3.71. The van der Waals surface area contributed by atoms with Crippen LogP contribution in [0.2, 0.25) is 0 Å². The van der Waals surface area contributed by atoms with Crippen molar-refractivity contribution in [1.82, 2.24) is 15.0 Å². The second kappa shape index (κ2) is 9.43. The lowest BCUT2D eigenvalue weighted by molar-refractivity contribution is 0.413. The zero-order valence-electron chi connectivity index (χ0n) is 17.6. The van der Waals surface area contributed by atoms with E-state index in [1.54, 1.807) is 7.11 Å². The second-order valence-corrected chi connectivity index (χ2v) is 7.25. The van der Waals surface area contributed by atoms with E-state index in [4.69, 9.17) is 4.74 Å². The number of nitrogens with zero attached hydrogens (tertiary/aromatic N) is 5. The average Bonchev–Trinajstić information content (AvgIpc) is 2.83. The lowest BCUT2D eigenvalue weighted by atomic mass is 10.2. The molecule has 4 rings (SSSR count). The van der Waals surface area contributed by atoms with E-state index in [0.717, 1.165) is 61.0 Å². The molecule has 156 valence electrons. The summed E-state index contributed by atoms with van der Waals surface area (Å²) in [6.07, 6.45) is 6.54. The summed E-state index contributed by atoms with van der Waals surface area (Å²) in [4.78, 5) is 18.2. The first-order valence-corrected chi connectivity index (χ1v) is 10.4. The Balaban J connectivity index is 1.41. The van der Waals surface area contributed by atoms with Gasteiger partial charge in [0.05, 0.1) is 12.8 Å². The Labute approximate surface area is 177 Å². The number of hydrogen-bond donors (Lipinski definition) is 1. The molecule has 7 nitrogen and oxygen atoms in total. The van der Waals surface area contributed by atoms with E-state index in [9.17, 15) is 0 Å². The summed E-state index contributed by atoms with van der Waals surface area (Å²) < 4.78 is 5.53. The third kappa shape index (κ3) is 4.45. The summed E-state index contributed by atoms with van der Waals surface area (Å²) in [5.74, 6) is 2.58. The van der Waals surface area contributed by atoms with Crippen LogP contribution in [0.4, 0.5) is 17.5 Å². The van der Waals surface area contributed by atoms with Gasteiger partial charge >= 0.3 is 0 Å². The number of pyridine rings is 1. The third-order valence-corrected chi connectivity index (χ3v) is 5.42. The van der Waals surface area contributed by atoms with Crippen molar-refractivity contribution in [3.63, 3.8) is 0 Å². The first kappa shape index (κ1) is 19.9. The second-order valence-electron chi connectivity index (χ2n) is 7.25. The van der Waals surface area contributed by atoms with Gasteiger partial charge in [0, 0.05) is 56.9 Å². The van der Waals surface area contributed by atoms with Gasteiger partial charge in [-0.2, -0.15) is 0 Å². The van der Waals surface area contributed by atoms with Crippen LogP contribution in [-0.4, -0.2) is 48.2 Å². The maximum absolute atomic E-state index is 5.53. The van der Waals surface area contributed by atoms with Crippen molar-refractivity contribution in [2.45, 2.75) is 19.9 Å². The van der Waals surface area contributed by atoms with Gasteiger partial charge in [-0.25, -0.2) is 15.0 Å². The summed E-state index contributed by atoms with van der Waals surface area (Å²) >= 11 is 0. The van der Waals surface area contributed by atoms with Gasteiger partial charge in [-0.05, 0) is 30.2 Å². The molecule has 3 aromatic rings. The Hall–Kier alpha value is -3.35. The predicted octanol–water partition coefficient (Wildman–Crippen LogP) is 3.38. The minimum Gasteiger partial charge on any atom is -0.495 e. The quantitative estimate of drug-likeness (QED) is 0.647. The van der Waals surface area contributed by atoms with Crippen LogP contribution in [0, 0.1) is 0 Å². The minimum absolute atomic E-state index is 0.640. The zero-order valence-corrected chi connectivity index (χ0v) is 17.6. The van der Waals surface area contributed by atoms with Crippen LogP contribution in [-0.2, 0) is 13.0 Å². The highest BCUT2D eigenvalue weighted by molar-refractivity contribution is 5.60. The Morgan fingerprint density at radius 2 is 1.67 bits per heavy atom. The number of ether oxygens (including phenoxy) is 1. The molecule has 1 aliphatic rings. The molecule has 0 unspecified atom stereocenters. The highest BCUT2D eigenvalue weighted by Gasteiger charge is 2.22. The lowest BCUT2D eigenvalue weighted by Gasteiger charge is -2.37. The van der Waals surface area contributed by atoms with Crippen LogP contribution >= 0.6 is 0 Å². The summed E-state index contributed by atoms with van der Waals surface area (Å²) in [5.41, 5.74) is 3.43. The molecule has 1 saturated heterocycles. The molecule has 1 aromatic carbocycles. The van der Waals surface area contributed by atoms with Crippen molar-refractivity contribution >= 4 is 17.5 Å². The van der Waals surface area contributed by atoms with Crippen LogP contribution in [0.5, 0.6) is 5.75 Å². The molecular weight excluding hydrogens is 376 g/mol. The topological polar surface area (TPSA) is 66.4 Å². The number of aromatic nitrogens is 3. The van der Waals surface area contributed by atoms with Crippen molar-refractivity contribution in [3.05, 3.63) is 66.1 Å². The molecule has 3 heterocycles. The summed E-state index contributed by atoms with van der Waals surface area (Å²) in [6.45, 7) is 6.40. The van der Waals surface area contributed by atoms with E-state index in [2.05, 4.69) is 55.2 Å². The van der Waals surface area contributed by atoms with Gasteiger partial charge < -0.3 is 19.9 Å². The van der Waals surface area contributed by atoms with E-state index in [0.29, 0.717) is 12.5 Å². The van der Waals surface area contributed by atoms with E-state index in [1.165, 1.54) is 0 Å². The fourth-order valence-corrected chi connectivity index (χ4v) is 3.71.